The first kappa shape index (κ1) is 17.6. The molecule has 0 saturated carbocycles. The maximum absolute atomic E-state index is 12.7. The lowest BCUT2D eigenvalue weighted by atomic mass is 10.2. The number of aromatic hydroxyl groups is 1. The summed E-state index contributed by atoms with van der Waals surface area (Å²) in [7, 11) is 1.46. The summed E-state index contributed by atoms with van der Waals surface area (Å²) in [6, 6.07) is 8.46. The molecule has 1 heterocycles. The van der Waals surface area contributed by atoms with Crippen molar-refractivity contribution < 1.29 is 9.84 Å². The summed E-state index contributed by atoms with van der Waals surface area (Å²) < 4.78 is 7.75. The van der Waals surface area contributed by atoms with Gasteiger partial charge < -0.3 is 9.84 Å². The van der Waals surface area contributed by atoms with Crippen molar-refractivity contribution in [2.75, 3.05) is 7.11 Å². The molecule has 0 amide bonds. The number of nitrogens with zero attached hydrogens (tertiary/aromatic N) is 3. The zero-order chi connectivity index (χ0) is 18.1. The number of phenolic OH excluding ortho intramolecular Hbond substituents is 1. The summed E-state index contributed by atoms with van der Waals surface area (Å²) in [6.45, 7) is 1.71. The van der Waals surface area contributed by atoms with Crippen molar-refractivity contribution in [2.45, 2.75) is 6.92 Å². The molecule has 1 aromatic heterocycles. The first-order chi connectivity index (χ1) is 11.9. The van der Waals surface area contributed by atoms with Crippen molar-refractivity contribution in [2.24, 2.45) is 5.10 Å². The third-order valence-electron chi connectivity index (χ3n) is 3.58. The summed E-state index contributed by atoms with van der Waals surface area (Å²) in [5, 5.41) is 14.5. The Morgan fingerprint density at radius 3 is 2.76 bits per heavy atom. The molecule has 0 unspecified atom stereocenters. The van der Waals surface area contributed by atoms with Crippen molar-refractivity contribution >= 4 is 49.0 Å². The van der Waals surface area contributed by atoms with Crippen LogP contribution in [-0.2, 0) is 0 Å². The van der Waals surface area contributed by atoms with Gasteiger partial charge in [0.25, 0.3) is 5.56 Å². The largest absolute Gasteiger partial charge is 0.504 e. The van der Waals surface area contributed by atoms with Crippen LogP contribution in [0.1, 0.15) is 11.4 Å². The summed E-state index contributed by atoms with van der Waals surface area (Å²) in [4.78, 5) is 17.1. The minimum absolute atomic E-state index is 0.0112. The van der Waals surface area contributed by atoms with Crippen LogP contribution in [0.25, 0.3) is 10.9 Å². The Hall–Kier alpha value is -2.19. The number of benzene rings is 2. The minimum Gasteiger partial charge on any atom is -0.504 e. The monoisotopic (exact) mass is 465 g/mol. The van der Waals surface area contributed by atoms with Crippen molar-refractivity contribution in [1.29, 1.82) is 0 Å². The molecule has 128 valence electrons. The zero-order valence-electron chi connectivity index (χ0n) is 13.3. The highest BCUT2D eigenvalue weighted by molar-refractivity contribution is 9.10. The topological polar surface area (TPSA) is 76.7 Å². The Morgan fingerprint density at radius 1 is 1.28 bits per heavy atom. The highest BCUT2D eigenvalue weighted by Crippen LogP contribution is 2.31. The molecule has 6 nitrogen and oxygen atoms in total. The molecule has 0 bridgehead atoms. The molecule has 0 radical (unpaired) electrons. The molecule has 0 aliphatic carbocycles. The average molecular weight is 467 g/mol. The van der Waals surface area contributed by atoms with E-state index < -0.39 is 0 Å². The van der Waals surface area contributed by atoms with E-state index in [1.54, 1.807) is 25.1 Å². The highest BCUT2D eigenvalue weighted by Gasteiger charge is 2.09. The summed E-state index contributed by atoms with van der Waals surface area (Å²) in [6.07, 6.45) is 1.51. The number of ether oxygens (including phenoxy) is 1. The van der Waals surface area contributed by atoms with E-state index >= 15 is 0 Å². The molecule has 2 aromatic carbocycles. The van der Waals surface area contributed by atoms with E-state index in [2.05, 4.69) is 41.9 Å². The van der Waals surface area contributed by atoms with Crippen molar-refractivity contribution in [3.8, 4) is 11.5 Å². The van der Waals surface area contributed by atoms with E-state index in [9.17, 15) is 9.90 Å². The fourth-order valence-corrected chi connectivity index (χ4v) is 3.13. The third kappa shape index (κ3) is 3.45. The standard InChI is InChI=1S/C17H13Br2N3O3/c1-9-21-14-4-3-11(18)6-12(14)17(24)22(9)20-8-10-5-16(25-2)15(23)7-13(10)19/h3-8,23H,1-2H3. The predicted octanol–water partition coefficient (Wildman–Crippen LogP) is 3.83. The number of aromatic nitrogens is 2. The molecule has 0 spiro atoms. The number of halogens is 2. The second-order valence-electron chi connectivity index (χ2n) is 5.23. The van der Waals surface area contributed by atoms with Gasteiger partial charge >= 0.3 is 0 Å². The smallest absolute Gasteiger partial charge is 0.282 e. The van der Waals surface area contributed by atoms with E-state index in [0.717, 1.165) is 4.47 Å². The van der Waals surface area contributed by atoms with E-state index in [1.807, 2.05) is 6.07 Å². The number of phenols is 1. The molecule has 0 atom stereocenters. The SMILES string of the molecule is COc1cc(C=Nn2c(C)nc3ccc(Br)cc3c2=O)c(Br)cc1O. The van der Waals surface area contributed by atoms with E-state index in [1.165, 1.54) is 24.1 Å². The van der Waals surface area contributed by atoms with Gasteiger partial charge in [-0.3, -0.25) is 4.79 Å². The second-order valence-corrected chi connectivity index (χ2v) is 7.00. The van der Waals surface area contributed by atoms with Gasteiger partial charge in [0.1, 0.15) is 5.82 Å². The van der Waals surface area contributed by atoms with E-state index in [0.29, 0.717) is 32.5 Å². The van der Waals surface area contributed by atoms with E-state index in [4.69, 9.17) is 4.74 Å². The van der Waals surface area contributed by atoms with Crippen LogP contribution < -0.4 is 10.3 Å². The molecule has 0 saturated heterocycles. The molecule has 0 aliphatic heterocycles. The second kappa shape index (κ2) is 6.97. The molecule has 3 rings (SSSR count). The van der Waals surface area contributed by atoms with Gasteiger partial charge in [0.05, 0.1) is 24.2 Å². The van der Waals surface area contributed by atoms with Gasteiger partial charge in [0.15, 0.2) is 11.5 Å². The summed E-state index contributed by atoms with van der Waals surface area (Å²) in [5.74, 6) is 0.796. The third-order valence-corrected chi connectivity index (χ3v) is 4.76. The van der Waals surface area contributed by atoms with Crippen LogP contribution in [0.5, 0.6) is 11.5 Å². The van der Waals surface area contributed by atoms with Gasteiger partial charge in [-0.2, -0.15) is 9.78 Å². The molecule has 0 fully saturated rings. The van der Waals surface area contributed by atoms with Crippen molar-refractivity contribution in [1.82, 2.24) is 9.66 Å². The van der Waals surface area contributed by atoms with Crippen LogP contribution >= 0.6 is 31.9 Å². The molecule has 8 heteroatoms. The summed E-state index contributed by atoms with van der Waals surface area (Å²) >= 11 is 6.71. The Morgan fingerprint density at radius 2 is 2.04 bits per heavy atom. The van der Waals surface area contributed by atoms with Crippen LogP contribution in [0.3, 0.4) is 0 Å². The molecule has 25 heavy (non-hydrogen) atoms. The lowest BCUT2D eigenvalue weighted by molar-refractivity contribution is 0.373. The molecule has 1 N–H and O–H groups in total. The lowest BCUT2D eigenvalue weighted by Gasteiger charge is -2.08. The van der Waals surface area contributed by atoms with Crippen LogP contribution in [-0.4, -0.2) is 28.1 Å². The van der Waals surface area contributed by atoms with E-state index in [-0.39, 0.29) is 11.3 Å². The number of aryl methyl sites for hydroxylation is 1. The number of rotatable bonds is 3. The summed E-state index contributed by atoms with van der Waals surface area (Å²) in [5.41, 5.74) is 1.00. The quantitative estimate of drug-likeness (QED) is 0.595. The molecule has 3 aromatic rings. The fraction of sp³-hybridized carbons (Fsp3) is 0.118. The van der Waals surface area contributed by atoms with Crippen LogP contribution in [0.15, 0.2) is 49.2 Å². The average Bonchev–Trinajstić information content (AvgIpc) is 2.57. The number of fused-ring (bicyclic) bond motifs is 1. The van der Waals surface area contributed by atoms with Gasteiger partial charge in [-0.05, 0) is 53.2 Å². The maximum Gasteiger partial charge on any atom is 0.282 e. The zero-order valence-corrected chi connectivity index (χ0v) is 16.5. The van der Waals surface area contributed by atoms with Crippen molar-refractivity contribution in [3.05, 3.63) is 61.0 Å². The van der Waals surface area contributed by atoms with Crippen LogP contribution in [0, 0.1) is 6.92 Å². The molecule has 0 aliphatic rings. The first-order valence-electron chi connectivity index (χ1n) is 7.20. The Balaban J connectivity index is 2.12. The fourth-order valence-electron chi connectivity index (χ4n) is 2.34. The Kier molecular flexibility index (Phi) is 4.91. The Bertz CT molecular complexity index is 1060. The first-order valence-corrected chi connectivity index (χ1v) is 8.79. The van der Waals surface area contributed by atoms with Gasteiger partial charge in [-0.25, -0.2) is 4.98 Å². The van der Waals surface area contributed by atoms with Gasteiger partial charge in [-0.1, -0.05) is 15.9 Å². The van der Waals surface area contributed by atoms with Gasteiger partial charge in [0.2, 0.25) is 0 Å². The molecular weight excluding hydrogens is 454 g/mol. The predicted molar refractivity (Wildman–Crippen MR) is 104 cm³/mol. The van der Waals surface area contributed by atoms with Gasteiger partial charge in [-0.15, -0.1) is 0 Å². The van der Waals surface area contributed by atoms with Crippen LogP contribution in [0.2, 0.25) is 0 Å². The lowest BCUT2D eigenvalue weighted by Crippen LogP contribution is -2.20. The normalized spacial score (nSPS) is 11.4. The number of hydrogen-bond donors (Lipinski definition) is 1. The Labute approximate surface area is 160 Å². The number of methoxy groups -OCH3 is 1. The minimum atomic E-state index is -0.262. The van der Waals surface area contributed by atoms with Gasteiger partial charge in [0, 0.05) is 14.5 Å². The molecular formula is C17H13Br2N3O3. The highest BCUT2D eigenvalue weighted by atomic mass is 79.9. The van der Waals surface area contributed by atoms with Crippen LogP contribution in [0.4, 0.5) is 0 Å². The number of hydrogen-bond acceptors (Lipinski definition) is 5. The van der Waals surface area contributed by atoms with Crippen molar-refractivity contribution in [3.63, 3.8) is 0 Å². The maximum atomic E-state index is 12.7.